The molecule has 0 bridgehead atoms. The molecule has 0 aliphatic heterocycles. The Hall–Kier alpha value is -1.05. The molecule has 0 amide bonds. The van der Waals surface area contributed by atoms with Crippen molar-refractivity contribution in [1.29, 1.82) is 0 Å². The number of phenolic OH excluding ortho intramolecular Hbond substituents is 1. The van der Waals surface area contributed by atoms with Crippen LogP contribution in [0.25, 0.3) is 0 Å². The Bertz CT molecular complexity index is 386. The summed E-state index contributed by atoms with van der Waals surface area (Å²) in [5.74, 6) is 0.233. The molecule has 0 radical (unpaired) electrons. The number of hydrogen-bond donors (Lipinski definition) is 1. The number of rotatable bonds is 2. The highest BCUT2D eigenvalue weighted by molar-refractivity contribution is 5.35. The van der Waals surface area contributed by atoms with E-state index in [4.69, 9.17) is 0 Å². The van der Waals surface area contributed by atoms with Gasteiger partial charge in [0.1, 0.15) is 11.4 Å². The normalized spacial score (nSPS) is 20.2. The number of benzene rings is 1. The lowest BCUT2D eigenvalue weighted by atomic mass is 9.61. The number of hydrogen-bond acceptors (Lipinski definition) is 1. The summed E-state index contributed by atoms with van der Waals surface area (Å²) in [6.45, 7) is 3.34. The summed E-state index contributed by atoms with van der Waals surface area (Å²) in [6, 6.07) is 7.14. The minimum atomic E-state index is -1.25. The number of aromatic hydroxyl groups is 1. The first-order chi connectivity index (χ1) is 7.96. The minimum Gasteiger partial charge on any atom is -0.508 e. The molecule has 0 aromatic heterocycles. The average Bonchev–Trinajstić information content (AvgIpc) is 2.28. The summed E-state index contributed by atoms with van der Waals surface area (Å²) < 4.78 is 14.7. The summed E-state index contributed by atoms with van der Waals surface area (Å²) in [7, 11) is 0. The molecule has 1 fully saturated rings. The maximum Gasteiger partial charge on any atom is 0.115 e. The molecular weight excluding hydrogens is 215 g/mol. The van der Waals surface area contributed by atoms with E-state index in [-0.39, 0.29) is 5.75 Å². The summed E-state index contributed by atoms with van der Waals surface area (Å²) in [5, 5.41) is 9.60. The van der Waals surface area contributed by atoms with Gasteiger partial charge in [0, 0.05) is 5.41 Å². The van der Waals surface area contributed by atoms with Crippen molar-refractivity contribution in [1.82, 2.24) is 0 Å². The molecular formula is C15H21FO. The van der Waals surface area contributed by atoms with Gasteiger partial charge in [-0.3, -0.25) is 0 Å². The lowest BCUT2D eigenvalue weighted by Gasteiger charge is -2.45. The Morgan fingerprint density at radius 2 is 1.82 bits per heavy atom. The van der Waals surface area contributed by atoms with Gasteiger partial charge in [-0.2, -0.15) is 0 Å². The number of phenols is 1. The Morgan fingerprint density at radius 1 is 1.18 bits per heavy atom. The van der Waals surface area contributed by atoms with E-state index in [1.165, 1.54) is 6.42 Å². The Balaban J connectivity index is 2.46. The van der Waals surface area contributed by atoms with Crippen LogP contribution in [0, 0.1) is 0 Å². The van der Waals surface area contributed by atoms with Crippen molar-refractivity contribution >= 4 is 0 Å². The lowest BCUT2D eigenvalue weighted by Crippen LogP contribution is -2.45. The molecule has 0 spiro atoms. The summed E-state index contributed by atoms with van der Waals surface area (Å²) in [5.41, 5.74) is -0.727. The van der Waals surface area contributed by atoms with Gasteiger partial charge in [0.25, 0.3) is 0 Å². The van der Waals surface area contributed by atoms with Crippen LogP contribution in [0.2, 0.25) is 0 Å². The van der Waals surface area contributed by atoms with Gasteiger partial charge >= 0.3 is 0 Å². The van der Waals surface area contributed by atoms with Crippen molar-refractivity contribution < 1.29 is 9.50 Å². The van der Waals surface area contributed by atoms with Gasteiger partial charge in [-0.25, -0.2) is 4.39 Å². The van der Waals surface area contributed by atoms with E-state index >= 15 is 0 Å². The largest absolute Gasteiger partial charge is 0.508 e. The Kier molecular flexibility index (Phi) is 3.15. The molecule has 1 aromatic rings. The molecule has 94 valence electrons. The fraction of sp³-hybridized carbons (Fsp3) is 0.600. The third-order valence-corrected chi connectivity index (χ3v) is 4.24. The maximum atomic E-state index is 14.7. The Labute approximate surface area is 103 Å². The van der Waals surface area contributed by atoms with Crippen LogP contribution >= 0.6 is 0 Å². The predicted octanol–water partition coefficient (Wildman–Crippen LogP) is 4.34. The van der Waals surface area contributed by atoms with Crippen molar-refractivity contribution in [2.75, 3.05) is 0 Å². The molecule has 0 saturated heterocycles. The van der Waals surface area contributed by atoms with Gasteiger partial charge in [-0.1, -0.05) is 31.4 Å². The zero-order valence-corrected chi connectivity index (χ0v) is 10.7. The van der Waals surface area contributed by atoms with Crippen molar-refractivity contribution in [3.63, 3.8) is 0 Å². The molecule has 1 aliphatic rings. The molecule has 17 heavy (non-hydrogen) atoms. The van der Waals surface area contributed by atoms with Crippen molar-refractivity contribution in [2.24, 2.45) is 0 Å². The Morgan fingerprint density at radius 3 is 2.35 bits per heavy atom. The summed E-state index contributed by atoms with van der Waals surface area (Å²) in [4.78, 5) is 0. The monoisotopic (exact) mass is 236 g/mol. The quantitative estimate of drug-likeness (QED) is 0.809. The molecule has 1 aliphatic carbocycles. The van der Waals surface area contributed by atoms with Crippen LogP contribution in [-0.2, 0) is 5.41 Å². The second kappa shape index (κ2) is 4.32. The van der Waals surface area contributed by atoms with Crippen LogP contribution in [0.4, 0.5) is 4.39 Å². The second-order valence-corrected chi connectivity index (χ2v) is 5.67. The molecule has 0 heterocycles. The van der Waals surface area contributed by atoms with E-state index in [2.05, 4.69) is 0 Å². The van der Waals surface area contributed by atoms with Crippen LogP contribution in [-0.4, -0.2) is 10.8 Å². The first-order valence-corrected chi connectivity index (χ1v) is 6.44. The molecule has 1 saturated carbocycles. The first-order valence-electron chi connectivity index (χ1n) is 6.44. The van der Waals surface area contributed by atoms with Gasteiger partial charge in [-0.15, -0.1) is 0 Å². The van der Waals surface area contributed by atoms with E-state index in [9.17, 15) is 9.50 Å². The van der Waals surface area contributed by atoms with E-state index in [1.54, 1.807) is 26.0 Å². The van der Waals surface area contributed by atoms with Crippen LogP contribution in [0.3, 0.4) is 0 Å². The summed E-state index contributed by atoms with van der Waals surface area (Å²) in [6.07, 6.45) is 5.09. The number of alkyl halides is 1. The minimum absolute atomic E-state index is 0.233. The molecule has 0 unspecified atom stereocenters. The standard InChI is InChI=1S/C15H21FO/c1-14(2,16)15(9-4-3-5-10-15)12-7-6-8-13(17)11-12/h6-8,11,17H,3-5,9-10H2,1-2H3. The van der Waals surface area contributed by atoms with Gasteiger partial charge in [0.15, 0.2) is 0 Å². The van der Waals surface area contributed by atoms with Crippen LogP contribution in [0.5, 0.6) is 5.75 Å². The average molecular weight is 236 g/mol. The molecule has 1 N–H and O–H groups in total. The highest BCUT2D eigenvalue weighted by Gasteiger charge is 2.47. The first kappa shape index (κ1) is 12.4. The molecule has 2 rings (SSSR count). The topological polar surface area (TPSA) is 20.2 Å². The third kappa shape index (κ3) is 2.18. The predicted molar refractivity (Wildman–Crippen MR) is 68.1 cm³/mol. The number of halogens is 1. The van der Waals surface area contributed by atoms with Crippen LogP contribution < -0.4 is 0 Å². The molecule has 2 heteroatoms. The SMILES string of the molecule is CC(C)(F)C1(c2cccc(O)c2)CCCCC1. The van der Waals surface area contributed by atoms with E-state index in [0.717, 1.165) is 31.2 Å². The maximum absolute atomic E-state index is 14.7. The van der Waals surface area contributed by atoms with Gasteiger partial charge in [0.05, 0.1) is 0 Å². The van der Waals surface area contributed by atoms with Crippen LogP contribution in [0.1, 0.15) is 51.5 Å². The molecule has 1 aromatic carbocycles. The second-order valence-electron chi connectivity index (χ2n) is 5.67. The zero-order valence-electron chi connectivity index (χ0n) is 10.7. The molecule has 1 nitrogen and oxygen atoms in total. The van der Waals surface area contributed by atoms with Crippen molar-refractivity contribution in [2.45, 2.75) is 57.0 Å². The fourth-order valence-corrected chi connectivity index (χ4v) is 3.19. The van der Waals surface area contributed by atoms with Crippen molar-refractivity contribution in [3.8, 4) is 5.75 Å². The third-order valence-electron chi connectivity index (χ3n) is 4.24. The van der Waals surface area contributed by atoms with Gasteiger partial charge in [-0.05, 0) is 44.4 Å². The van der Waals surface area contributed by atoms with E-state index in [1.807, 2.05) is 12.1 Å². The lowest BCUT2D eigenvalue weighted by molar-refractivity contribution is 0.0563. The van der Waals surface area contributed by atoms with Crippen LogP contribution in [0.15, 0.2) is 24.3 Å². The summed E-state index contributed by atoms with van der Waals surface area (Å²) >= 11 is 0. The van der Waals surface area contributed by atoms with Gasteiger partial charge in [0.2, 0.25) is 0 Å². The highest BCUT2D eigenvalue weighted by atomic mass is 19.1. The van der Waals surface area contributed by atoms with E-state index < -0.39 is 11.1 Å². The van der Waals surface area contributed by atoms with E-state index in [0.29, 0.717) is 0 Å². The molecule has 0 atom stereocenters. The highest BCUT2D eigenvalue weighted by Crippen LogP contribution is 2.49. The zero-order chi connectivity index (χ0) is 12.5. The van der Waals surface area contributed by atoms with Crippen molar-refractivity contribution in [3.05, 3.63) is 29.8 Å². The van der Waals surface area contributed by atoms with Gasteiger partial charge < -0.3 is 5.11 Å². The smallest absolute Gasteiger partial charge is 0.115 e. The fourth-order valence-electron chi connectivity index (χ4n) is 3.19.